The number of benzene rings is 1. The number of nitrogens with zero attached hydrogens (tertiary/aromatic N) is 1. The van der Waals surface area contributed by atoms with Crippen LogP contribution < -0.4 is 15.0 Å². The fourth-order valence-electron chi connectivity index (χ4n) is 3.20. The molecule has 1 aliphatic carbocycles. The Morgan fingerprint density at radius 2 is 2.04 bits per heavy atom. The number of carbonyl (C=O) groups excluding carboxylic acids is 3. The van der Waals surface area contributed by atoms with Gasteiger partial charge in [-0.3, -0.25) is 19.3 Å². The van der Waals surface area contributed by atoms with Gasteiger partial charge in [0.15, 0.2) is 11.4 Å². The molecule has 1 aromatic carbocycles. The molecular formula is C21H22N2O5. The number of ether oxygens (including phenoxy) is 1. The van der Waals surface area contributed by atoms with Gasteiger partial charge in [-0.1, -0.05) is 0 Å². The van der Waals surface area contributed by atoms with Gasteiger partial charge in [0.25, 0.3) is 5.91 Å². The summed E-state index contributed by atoms with van der Waals surface area (Å²) in [6.07, 6.45) is 3.69. The second kappa shape index (κ2) is 6.82. The van der Waals surface area contributed by atoms with Gasteiger partial charge in [0.1, 0.15) is 12.3 Å². The number of nitrogens with one attached hydrogen (secondary N) is 1. The third-order valence-electron chi connectivity index (χ3n) is 4.97. The summed E-state index contributed by atoms with van der Waals surface area (Å²) in [4.78, 5) is 39.3. The lowest BCUT2D eigenvalue weighted by atomic mass is 10.0. The molecule has 0 bridgehead atoms. The molecule has 2 aromatic rings. The Hall–Kier alpha value is -3.09. The minimum Gasteiger partial charge on any atom is -0.476 e. The van der Waals surface area contributed by atoms with Crippen LogP contribution in [0.2, 0.25) is 0 Å². The van der Waals surface area contributed by atoms with Gasteiger partial charge in [0.2, 0.25) is 11.7 Å². The molecule has 4 rings (SSSR count). The van der Waals surface area contributed by atoms with Gasteiger partial charge in [-0.2, -0.15) is 0 Å². The van der Waals surface area contributed by atoms with E-state index in [0.29, 0.717) is 29.5 Å². The minimum absolute atomic E-state index is 0.121. The molecule has 1 fully saturated rings. The Morgan fingerprint density at radius 1 is 1.25 bits per heavy atom. The van der Waals surface area contributed by atoms with E-state index in [0.717, 1.165) is 12.8 Å². The predicted molar refractivity (Wildman–Crippen MR) is 101 cm³/mol. The summed E-state index contributed by atoms with van der Waals surface area (Å²) in [6.45, 7) is 3.83. The van der Waals surface area contributed by atoms with Crippen LogP contribution in [-0.2, 0) is 9.59 Å². The number of fused-ring (bicyclic) bond motifs is 1. The molecule has 146 valence electrons. The lowest BCUT2D eigenvalue weighted by Crippen LogP contribution is -2.55. The Labute approximate surface area is 162 Å². The van der Waals surface area contributed by atoms with Crippen LogP contribution in [0.25, 0.3) is 0 Å². The monoisotopic (exact) mass is 382 g/mol. The first-order valence-electron chi connectivity index (χ1n) is 9.35. The summed E-state index contributed by atoms with van der Waals surface area (Å²) in [5, 5.41) is 2.87. The van der Waals surface area contributed by atoms with Crippen molar-refractivity contribution in [3.8, 4) is 5.75 Å². The number of amides is 2. The van der Waals surface area contributed by atoms with E-state index in [2.05, 4.69) is 5.32 Å². The summed E-state index contributed by atoms with van der Waals surface area (Å²) in [7, 11) is 0. The van der Waals surface area contributed by atoms with Crippen LogP contribution in [0.3, 0.4) is 0 Å². The van der Waals surface area contributed by atoms with Crippen molar-refractivity contribution >= 4 is 23.3 Å². The van der Waals surface area contributed by atoms with Gasteiger partial charge in [0.05, 0.1) is 12.0 Å². The van der Waals surface area contributed by atoms with Crippen LogP contribution in [0, 0.1) is 5.92 Å². The summed E-state index contributed by atoms with van der Waals surface area (Å²) >= 11 is 0. The number of anilines is 1. The van der Waals surface area contributed by atoms with Gasteiger partial charge in [-0.15, -0.1) is 0 Å². The highest BCUT2D eigenvalue weighted by molar-refractivity contribution is 6.10. The number of hydrogen-bond donors (Lipinski definition) is 1. The van der Waals surface area contributed by atoms with Gasteiger partial charge >= 0.3 is 0 Å². The van der Waals surface area contributed by atoms with E-state index in [1.807, 2.05) is 0 Å². The van der Waals surface area contributed by atoms with Crippen LogP contribution in [0.4, 0.5) is 5.69 Å². The summed E-state index contributed by atoms with van der Waals surface area (Å²) in [5.41, 5.74) is -0.340. The average molecular weight is 382 g/mol. The highest BCUT2D eigenvalue weighted by atomic mass is 16.5. The molecule has 2 aliphatic rings. The highest BCUT2D eigenvalue weighted by Crippen LogP contribution is 2.38. The van der Waals surface area contributed by atoms with Crippen molar-refractivity contribution in [3.63, 3.8) is 0 Å². The fourth-order valence-corrected chi connectivity index (χ4v) is 3.20. The quantitative estimate of drug-likeness (QED) is 0.776. The maximum atomic E-state index is 12.9. The van der Waals surface area contributed by atoms with Crippen molar-refractivity contribution in [1.29, 1.82) is 0 Å². The molecule has 2 amide bonds. The summed E-state index contributed by atoms with van der Waals surface area (Å²) in [5.74, 6) is 0.345. The molecule has 7 nitrogen and oxygen atoms in total. The van der Waals surface area contributed by atoms with Crippen molar-refractivity contribution in [2.75, 3.05) is 18.0 Å². The lowest BCUT2D eigenvalue weighted by Gasteiger charge is -2.38. The molecule has 0 atom stereocenters. The lowest BCUT2D eigenvalue weighted by molar-refractivity contribution is -0.134. The smallest absolute Gasteiger partial charge is 0.271 e. The zero-order valence-corrected chi connectivity index (χ0v) is 15.9. The fraction of sp³-hybridized carbons (Fsp3) is 0.381. The van der Waals surface area contributed by atoms with Crippen LogP contribution in [-0.4, -0.2) is 36.3 Å². The SMILES string of the molecule is CC1(C)Oc2ccc(C(=O)c3ccco3)cc2N(CC(=O)NCC2CC2)C1=O. The minimum atomic E-state index is -1.10. The van der Waals surface area contributed by atoms with Crippen molar-refractivity contribution in [3.05, 3.63) is 47.9 Å². The van der Waals surface area contributed by atoms with E-state index >= 15 is 0 Å². The maximum Gasteiger partial charge on any atom is 0.271 e. The molecular weight excluding hydrogens is 360 g/mol. The number of hydrogen-bond acceptors (Lipinski definition) is 5. The first-order valence-corrected chi connectivity index (χ1v) is 9.35. The molecule has 1 aromatic heterocycles. The Morgan fingerprint density at radius 3 is 2.71 bits per heavy atom. The Balaban J connectivity index is 1.63. The highest BCUT2D eigenvalue weighted by Gasteiger charge is 2.42. The normalized spacial score (nSPS) is 17.6. The second-order valence-electron chi connectivity index (χ2n) is 7.74. The van der Waals surface area contributed by atoms with Gasteiger partial charge in [-0.05, 0) is 62.9 Å². The zero-order valence-electron chi connectivity index (χ0n) is 15.9. The van der Waals surface area contributed by atoms with Crippen LogP contribution in [0.5, 0.6) is 5.75 Å². The van der Waals surface area contributed by atoms with E-state index in [1.54, 1.807) is 44.2 Å². The summed E-state index contributed by atoms with van der Waals surface area (Å²) in [6, 6.07) is 8.06. The topological polar surface area (TPSA) is 88.8 Å². The molecule has 2 heterocycles. The van der Waals surface area contributed by atoms with E-state index in [4.69, 9.17) is 9.15 Å². The van der Waals surface area contributed by atoms with Crippen molar-refractivity contribution in [2.24, 2.45) is 5.92 Å². The van der Waals surface area contributed by atoms with Crippen molar-refractivity contribution < 1.29 is 23.5 Å². The average Bonchev–Trinajstić information content (AvgIpc) is 3.33. The van der Waals surface area contributed by atoms with E-state index in [1.165, 1.54) is 11.2 Å². The molecule has 7 heteroatoms. The number of ketones is 1. The second-order valence-corrected chi connectivity index (χ2v) is 7.74. The first kappa shape index (κ1) is 18.3. The van der Waals surface area contributed by atoms with Crippen molar-refractivity contribution in [1.82, 2.24) is 5.32 Å². The predicted octanol–water partition coefficient (Wildman–Crippen LogP) is 2.54. The molecule has 0 saturated heterocycles. The van der Waals surface area contributed by atoms with E-state index in [-0.39, 0.29) is 29.9 Å². The molecule has 1 saturated carbocycles. The molecule has 1 aliphatic heterocycles. The Kier molecular flexibility index (Phi) is 4.45. The van der Waals surface area contributed by atoms with E-state index < -0.39 is 5.60 Å². The number of rotatable bonds is 6. The molecule has 0 spiro atoms. The van der Waals surface area contributed by atoms with Gasteiger partial charge in [-0.25, -0.2) is 0 Å². The van der Waals surface area contributed by atoms with Crippen LogP contribution in [0.1, 0.15) is 42.8 Å². The molecule has 1 N–H and O–H groups in total. The van der Waals surface area contributed by atoms with Crippen molar-refractivity contribution in [2.45, 2.75) is 32.3 Å². The third-order valence-corrected chi connectivity index (χ3v) is 4.97. The largest absolute Gasteiger partial charge is 0.476 e. The van der Waals surface area contributed by atoms with Gasteiger partial charge in [0, 0.05) is 12.1 Å². The Bertz CT molecular complexity index is 928. The summed E-state index contributed by atoms with van der Waals surface area (Å²) < 4.78 is 11.0. The molecule has 0 unspecified atom stereocenters. The number of carbonyl (C=O) groups is 3. The third kappa shape index (κ3) is 3.52. The maximum absolute atomic E-state index is 12.9. The molecule has 28 heavy (non-hydrogen) atoms. The number of furan rings is 1. The van der Waals surface area contributed by atoms with Crippen LogP contribution in [0.15, 0.2) is 41.0 Å². The van der Waals surface area contributed by atoms with Crippen LogP contribution >= 0.6 is 0 Å². The van der Waals surface area contributed by atoms with E-state index in [9.17, 15) is 14.4 Å². The standard InChI is InChI=1S/C21H22N2O5/c1-21(2)20(26)23(12-18(24)22-11-13-5-6-13)15-10-14(7-8-16(15)28-21)19(25)17-4-3-9-27-17/h3-4,7-10,13H,5-6,11-12H2,1-2H3,(H,22,24). The molecule has 0 radical (unpaired) electrons. The van der Waals surface area contributed by atoms with Gasteiger partial charge < -0.3 is 14.5 Å². The zero-order chi connectivity index (χ0) is 19.9. The first-order chi connectivity index (χ1) is 13.3.